The van der Waals surface area contributed by atoms with Crippen LogP contribution >= 0.6 is 0 Å². The van der Waals surface area contributed by atoms with E-state index in [0.29, 0.717) is 17.2 Å². The summed E-state index contributed by atoms with van der Waals surface area (Å²) in [6, 6.07) is 0.536. The predicted octanol–water partition coefficient (Wildman–Crippen LogP) is 4.36. The van der Waals surface area contributed by atoms with E-state index in [1.807, 2.05) is 0 Å². The van der Waals surface area contributed by atoms with Crippen molar-refractivity contribution < 1.29 is 40.9 Å². The Bertz CT molecular complexity index is 424. The maximum atomic E-state index is 10.1. The average Bonchev–Trinajstić information content (AvgIpc) is 3.23. The van der Waals surface area contributed by atoms with Crippen LogP contribution in [-0.2, 0) is 30.7 Å². The Balaban J connectivity index is 0. The summed E-state index contributed by atoms with van der Waals surface area (Å²) in [6.07, 6.45) is 15.7. The second-order valence-electron chi connectivity index (χ2n) is 6.25. The van der Waals surface area contributed by atoms with Gasteiger partial charge in [0.2, 0.25) is 0 Å². The molecule has 0 radical (unpaired) electrons. The van der Waals surface area contributed by atoms with E-state index in [1.54, 1.807) is 12.2 Å². The Hall–Kier alpha value is -0.972. The fourth-order valence-corrected chi connectivity index (χ4v) is 2.86. The van der Waals surface area contributed by atoms with Crippen molar-refractivity contribution in [3.63, 3.8) is 0 Å². The molecular formula is C18H31N2O4Pt-. The largest absolute Gasteiger partial charge is 0.693 e. The molecule has 3 aliphatic rings. The van der Waals surface area contributed by atoms with E-state index in [2.05, 4.69) is 0 Å². The topological polar surface area (TPSA) is 134 Å². The van der Waals surface area contributed by atoms with Crippen LogP contribution < -0.4 is 5.73 Å². The van der Waals surface area contributed by atoms with Crippen molar-refractivity contribution in [2.75, 3.05) is 0 Å². The Kier molecular flexibility index (Phi) is 16.1. The van der Waals surface area contributed by atoms with Crippen LogP contribution in [0.3, 0.4) is 0 Å². The molecular weight excluding hydrogens is 503 g/mol. The van der Waals surface area contributed by atoms with Crippen LogP contribution in [0.5, 0.6) is 0 Å². The first-order chi connectivity index (χ1) is 11.0. The second kappa shape index (κ2) is 15.3. The van der Waals surface area contributed by atoms with Crippen LogP contribution in [-0.4, -0.2) is 28.2 Å². The zero-order valence-electron chi connectivity index (χ0n) is 14.7. The van der Waals surface area contributed by atoms with E-state index in [-0.39, 0.29) is 27.2 Å². The molecule has 1 saturated carbocycles. The Labute approximate surface area is 164 Å². The van der Waals surface area contributed by atoms with Gasteiger partial charge in [0, 0.05) is 38.3 Å². The maximum absolute atomic E-state index is 10.1. The second-order valence-corrected chi connectivity index (χ2v) is 6.25. The third kappa shape index (κ3) is 12.1. The molecule has 0 aromatic heterocycles. The van der Waals surface area contributed by atoms with E-state index in [9.17, 15) is 9.59 Å². The van der Waals surface area contributed by atoms with Gasteiger partial charge in [0.25, 0.3) is 0 Å². The molecule has 0 aromatic rings. The molecule has 0 saturated heterocycles. The number of aliphatic carboxylic acids is 2. The summed E-state index contributed by atoms with van der Waals surface area (Å²) >= 11 is 0. The van der Waals surface area contributed by atoms with Gasteiger partial charge in [-0.25, -0.2) is 9.59 Å². The van der Waals surface area contributed by atoms with Gasteiger partial charge in [0.05, 0.1) is 0 Å². The number of hydrogen-bond acceptors (Lipinski definition) is 3. The molecule has 1 fully saturated rings. The number of allylic oxidation sites excluding steroid dienone is 2. The number of rotatable bonds is 2. The summed E-state index contributed by atoms with van der Waals surface area (Å²) in [7, 11) is 0. The first kappa shape index (κ1) is 26.3. The summed E-state index contributed by atoms with van der Waals surface area (Å²) in [6.45, 7) is 0. The fraction of sp³-hybridized carbons (Fsp3) is 0.667. The van der Waals surface area contributed by atoms with Gasteiger partial charge >= 0.3 is 11.9 Å². The van der Waals surface area contributed by atoms with Gasteiger partial charge in [-0.2, -0.15) is 0 Å². The summed E-state index contributed by atoms with van der Waals surface area (Å²) < 4.78 is 0. The van der Waals surface area contributed by atoms with Crippen molar-refractivity contribution in [1.82, 2.24) is 0 Å². The molecule has 0 aromatic carbocycles. The fourth-order valence-electron chi connectivity index (χ4n) is 2.86. The number of hydrogen-bond donors (Lipinski definition) is 3. The van der Waals surface area contributed by atoms with Crippen molar-refractivity contribution in [3.05, 3.63) is 29.4 Å². The van der Waals surface area contributed by atoms with Crippen LogP contribution in [0, 0.1) is 0 Å². The van der Waals surface area contributed by atoms with Crippen LogP contribution in [0.2, 0.25) is 0 Å². The monoisotopic (exact) mass is 534 g/mol. The summed E-state index contributed by atoms with van der Waals surface area (Å²) in [4.78, 5) is 20.3. The minimum Gasteiger partial charge on any atom is -0.693 e. The molecule has 7 heteroatoms. The summed E-state index contributed by atoms with van der Waals surface area (Å²) in [5.41, 5.74) is 6.81. The van der Waals surface area contributed by atoms with E-state index < -0.39 is 11.9 Å². The Morgan fingerprint density at radius 2 is 1.24 bits per heavy atom. The van der Waals surface area contributed by atoms with Crippen LogP contribution in [0.4, 0.5) is 0 Å². The smallest absolute Gasteiger partial charge is 0.331 e. The molecule has 0 bridgehead atoms. The number of carboxylic acids is 2. The van der Waals surface area contributed by atoms with E-state index >= 15 is 0 Å². The van der Waals surface area contributed by atoms with Gasteiger partial charge in [0.1, 0.15) is 0 Å². The van der Waals surface area contributed by atoms with Crippen molar-refractivity contribution in [3.8, 4) is 0 Å². The zero-order valence-corrected chi connectivity index (χ0v) is 17.0. The van der Waals surface area contributed by atoms with Crippen LogP contribution in [0.15, 0.2) is 23.3 Å². The van der Waals surface area contributed by atoms with Gasteiger partial charge in [-0.05, 0) is 51.4 Å². The third-order valence-corrected chi connectivity index (χ3v) is 4.28. The normalized spacial score (nSPS) is 18.8. The van der Waals surface area contributed by atoms with Gasteiger partial charge in [0.15, 0.2) is 0 Å². The standard InChI is InChI=1S/C6H13N.2C6H8O2.H2N.Pt/c7-6-4-2-1-3-5-6;2*7-6(8)5-3-1-2-4-5;;/h6H,1-5,7H2;2*3H,1-2,4H2,(H,7,8);1H2;/q;;;-1;. The van der Waals surface area contributed by atoms with Crippen molar-refractivity contribution in [1.29, 1.82) is 0 Å². The molecule has 0 atom stereocenters. The maximum Gasteiger partial charge on any atom is 0.331 e. The number of carboxylic acid groups (broad SMARTS) is 2. The molecule has 3 rings (SSSR count). The molecule has 3 aliphatic carbocycles. The van der Waals surface area contributed by atoms with Gasteiger partial charge < -0.3 is 22.1 Å². The van der Waals surface area contributed by atoms with Crippen molar-refractivity contribution >= 4 is 11.9 Å². The molecule has 6 nitrogen and oxygen atoms in total. The van der Waals surface area contributed by atoms with E-state index in [4.69, 9.17) is 15.9 Å². The minimum atomic E-state index is -0.748. The molecule has 0 unspecified atom stereocenters. The van der Waals surface area contributed by atoms with E-state index in [0.717, 1.165) is 38.5 Å². The SMILES string of the molecule is NC1CCCCC1.O=C(O)C1=CCCC1.O=C(O)C1=CCCC1.[NH2-].[Pt]. The van der Waals surface area contributed by atoms with Gasteiger partial charge in [-0.15, -0.1) is 0 Å². The number of carbonyl (C=O) groups is 2. The first-order valence-corrected chi connectivity index (χ1v) is 8.61. The molecule has 0 spiro atoms. The first-order valence-electron chi connectivity index (χ1n) is 8.61. The Morgan fingerprint density at radius 3 is 1.40 bits per heavy atom. The molecule has 6 N–H and O–H groups in total. The quantitative estimate of drug-likeness (QED) is 0.484. The zero-order chi connectivity index (χ0) is 17.1. The Morgan fingerprint density at radius 1 is 0.840 bits per heavy atom. The minimum absolute atomic E-state index is 0. The van der Waals surface area contributed by atoms with Crippen molar-refractivity contribution in [2.24, 2.45) is 5.73 Å². The van der Waals surface area contributed by atoms with Gasteiger partial charge in [-0.1, -0.05) is 31.4 Å². The molecule has 0 heterocycles. The van der Waals surface area contributed by atoms with Crippen LogP contribution in [0.25, 0.3) is 6.15 Å². The predicted molar refractivity (Wildman–Crippen MR) is 95.5 cm³/mol. The average molecular weight is 535 g/mol. The summed E-state index contributed by atoms with van der Waals surface area (Å²) in [5, 5.41) is 16.7. The molecule has 0 aliphatic heterocycles. The van der Waals surface area contributed by atoms with Gasteiger partial charge in [-0.3, -0.25) is 0 Å². The number of nitrogens with two attached hydrogens (primary N) is 2. The van der Waals surface area contributed by atoms with E-state index in [1.165, 1.54) is 32.1 Å². The van der Waals surface area contributed by atoms with Crippen LogP contribution in [0.1, 0.15) is 70.6 Å². The van der Waals surface area contributed by atoms with Crippen molar-refractivity contribution in [2.45, 2.75) is 76.7 Å². The molecule has 148 valence electrons. The molecule has 25 heavy (non-hydrogen) atoms. The molecule has 0 amide bonds. The summed E-state index contributed by atoms with van der Waals surface area (Å²) in [5.74, 6) is -1.50. The third-order valence-electron chi connectivity index (χ3n) is 4.28.